The maximum absolute atomic E-state index is 13.0. The van der Waals surface area contributed by atoms with Crippen molar-refractivity contribution in [1.29, 1.82) is 0 Å². The molecule has 0 saturated carbocycles. The van der Waals surface area contributed by atoms with Crippen LogP contribution in [-0.4, -0.2) is 56.6 Å². The van der Waals surface area contributed by atoms with E-state index in [0.29, 0.717) is 10.6 Å². The number of amides is 3. The second-order valence-electron chi connectivity index (χ2n) is 7.54. The highest BCUT2D eigenvalue weighted by atomic mass is 32.2. The minimum absolute atomic E-state index is 0.0321. The molecule has 1 saturated heterocycles. The van der Waals surface area contributed by atoms with Gasteiger partial charge in [-0.2, -0.15) is 0 Å². The second-order valence-corrected chi connectivity index (χ2v) is 10.9. The molecule has 0 aliphatic carbocycles. The summed E-state index contributed by atoms with van der Waals surface area (Å²) >= 11 is 1.32. The van der Waals surface area contributed by atoms with Crippen molar-refractivity contribution in [1.82, 2.24) is 10.2 Å². The van der Waals surface area contributed by atoms with Crippen LogP contribution in [0.3, 0.4) is 0 Å². The van der Waals surface area contributed by atoms with Gasteiger partial charge in [-0.25, -0.2) is 13.2 Å². The van der Waals surface area contributed by atoms with Crippen LogP contribution in [0, 0.1) is 0 Å². The fourth-order valence-electron chi connectivity index (χ4n) is 2.65. The summed E-state index contributed by atoms with van der Waals surface area (Å²) in [4.78, 5) is 27.7. The highest BCUT2D eigenvalue weighted by molar-refractivity contribution is 7.91. The summed E-state index contributed by atoms with van der Waals surface area (Å²) in [6, 6.07) is 1.20. The van der Waals surface area contributed by atoms with E-state index < -0.39 is 15.9 Å². The molecular formula is C17H23N3O6S2. The molecule has 1 aromatic rings. The molecule has 11 heteroatoms. The predicted octanol–water partition coefficient (Wildman–Crippen LogP) is 1.84. The maximum atomic E-state index is 13.0. The number of rotatable bonds is 3. The molecular weight excluding hydrogens is 406 g/mol. The summed E-state index contributed by atoms with van der Waals surface area (Å²) in [6.45, 7) is 6.36. The number of nitrogens with zero attached hydrogens (tertiary/aromatic N) is 1. The average molecular weight is 430 g/mol. The highest BCUT2D eigenvalue weighted by Crippen LogP contribution is 2.36. The molecule has 9 nitrogen and oxygen atoms in total. The van der Waals surface area contributed by atoms with E-state index in [1.807, 2.05) is 20.8 Å². The number of ether oxygens (including phenoxy) is 2. The van der Waals surface area contributed by atoms with Crippen molar-refractivity contribution in [2.75, 3.05) is 36.7 Å². The molecule has 0 unspecified atom stereocenters. The Morgan fingerprint density at radius 3 is 2.43 bits per heavy atom. The summed E-state index contributed by atoms with van der Waals surface area (Å²) < 4.78 is 33.2. The first kappa shape index (κ1) is 20.5. The number of hydrogen-bond acceptors (Lipinski definition) is 7. The minimum Gasteiger partial charge on any atom is -0.459 e. The quantitative estimate of drug-likeness (QED) is 0.758. The molecule has 0 atom stereocenters. The molecule has 0 spiro atoms. The third-order valence-corrected chi connectivity index (χ3v) is 7.36. The van der Waals surface area contributed by atoms with Gasteiger partial charge < -0.3 is 14.4 Å². The van der Waals surface area contributed by atoms with E-state index in [2.05, 4.69) is 10.6 Å². The molecule has 3 heterocycles. The van der Waals surface area contributed by atoms with Crippen LogP contribution in [0.2, 0.25) is 0 Å². The van der Waals surface area contributed by atoms with E-state index in [4.69, 9.17) is 9.47 Å². The van der Waals surface area contributed by atoms with Crippen molar-refractivity contribution in [2.45, 2.75) is 26.2 Å². The number of thiophene rings is 1. The molecule has 2 aliphatic rings. The van der Waals surface area contributed by atoms with Gasteiger partial charge in [0.2, 0.25) is 12.7 Å². The van der Waals surface area contributed by atoms with Crippen LogP contribution in [0.15, 0.2) is 18.2 Å². The van der Waals surface area contributed by atoms with E-state index in [1.54, 1.807) is 6.07 Å². The van der Waals surface area contributed by atoms with Crippen molar-refractivity contribution < 1.29 is 27.5 Å². The Labute approximate surface area is 167 Å². The maximum Gasteiger partial charge on any atom is 0.326 e. The van der Waals surface area contributed by atoms with Crippen LogP contribution >= 0.6 is 11.3 Å². The van der Waals surface area contributed by atoms with Crippen LogP contribution in [-0.2, 0) is 24.7 Å². The number of carbonyl (C=O) groups excluding carboxylic acids is 2. The van der Waals surface area contributed by atoms with E-state index >= 15 is 0 Å². The first-order valence-corrected chi connectivity index (χ1v) is 11.4. The summed E-state index contributed by atoms with van der Waals surface area (Å²) in [5.41, 5.74) is 0.133. The van der Waals surface area contributed by atoms with Gasteiger partial charge in [-0.1, -0.05) is 20.8 Å². The monoisotopic (exact) mass is 429 g/mol. The lowest BCUT2D eigenvalue weighted by atomic mass is 9.94. The fourth-order valence-corrected chi connectivity index (χ4v) is 4.96. The van der Waals surface area contributed by atoms with Crippen LogP contribution in [0.25, 0.3) is 0 Å². The Morgan fingerprint density at radius 1 is 1.18 bits per heavy atom. The molecule has 2 aliphatic heterocycles. The first-order valence-electron chi connectivity index (χ1n) is 8.72. The molecule has 3 amide bonds. The third kappa shape index (κ3) is 4.76. The minimum atomic E-state index is -3.09. The Balaban J connectivity index is 1.81. The van der Waals surface area contributed by atoms with E-state index in [-0.39, 0.29) is 48.6 Å². The SMILES string of the molecule is CC(C)(C)c1cc(C(=O)N2CCS(=O)(=O)CC2)c(NC(=O)NC2=COCO2)s1. The van der Waals surface area contributed by atoms with Gasteiger partial charge in [-0.05, 0) is 11.5 Å². The van der Waals surface area contributed by atoms with Crippen LogP contribution in [0.1, 0.15) is 36.0 Å². The molecule has 3 rings (SSSR count). The molecule has 1 fully saturated rings. The Kier molecular flexibility index (Phi) is 5.57. The van der Waals surface area contributed by atoms with Crippen molar-refractivity contribution in [3.63, 3.8) is 0 Å². The van der Waals surface area contributed by atoms with E-state index in [0.717, 1.165) is 4.88 Å². The van der Waals surface area contributed by atoms with Gasteiger partial charge in [0, 0.05) is 18.0 Å². The number of sulfone groups is 1. The average Bonchev–Trinajstić information content (AvgIpc) is 3.23. The van der Waals surface area contributed by atoms with Crippen molar-refractivity contribution >= 4 is 38.1 Å². The van der Waals surface area contributed by atoms with Gasteiger partial charge in [-0.3, -0.25) is 15.4 Å². The Bertz CT molecular complexity index is 900. The summed E-state index contributed by atoms with van der Waals surface area (Å²) in [7, 11) is -3.09. The molecule has 0 bridgehead atoms. The molecule has 28 heavy (non-hydrogen) atoms. The second kappa shape index (κ2) is 7.63. The lowest BCUT2D eigenvalue weighted by Gasteiger charge is -2.26. The summed E-state index contributed by atoms with van der Waals surface area (Å²) in [6.07, 6.45) is 1.29. The molecule has 154 valence electrons. The van der Waals surface area contributed by atoms with Crippen molar-refractivity contribution in [3.8, 4) is 0 Å². The first-order chi connectivity index (χ1) is 13.0. The van der Waals surface area contributed by atoms with Crippen molar-refractivity contribution in [3.05, 3.63) is 28.7 Å². The summed E-state index contributed by atoms with van der Waals surface area (Å²) in [5.74, 6) is -0.219. The van der Waals surface area contributed by atoms with Gasteiger partial charge in [0.05, 0.1) is 17.1 Å². The Morgan fingerprint density at radius 2 is 1.86 bits per heavy atom. The van der Waals surface area contributed by atoms with Crippen LogP contribution in [0.5, 0.6) is 0 Å². The largest absolute Gasteiger partial charge is 0.459 e. The smallest absolute Gasteiger partial charge is 0.326 e. The number of anilines is 1. The molecule has 2 N–H and O–H groups in total. The van der Waals surface area contributed by atoms with Crippen molar-refractivity contribution in [2.24, 2.45) is 0 Å². The van der Waals surface area contributed by atoms with Gasteiger partial charge in [-0.15, -0.1) is 11.3 Å². The standard InChI is InChI=1S/C17H23N3O6S2/c1-17(2,3)12-8-11(15(21)20-4-6-28(23,24)7-5-20)14(27-12)19-16(22)18-13-9-25-10-26-13/h8-9H,4-7,10H2,1-3H3,(H2,18,19,22). The summed E-state index contributed by atoms with van der Waals surface area (Å²) in [5, 5.41) is 5.59. The molecule has 0 radical (unpaired) electrons. The highest BCUT2D eigenvalue weighted by Gasteiger charge is 2.30. The third-order valence-electron chi connectivity index (χ3n) is 4.27. The normalized spacial score (nSPS) is 18.7. The van der Waals surface area contributed by atoms with Gasteiger partial charge in [0.1, 0.15) is 11.3 Å². The van der Waals surface area contributed by atoms with Crippen LogP contribution in [0.4, 0.5) is 9.80 Å². The zero-order valence-electron chi connectivity index (χ0n) is 15.9. The molecule has 1 aromatic heterocycles. The zero-order chi connectivity index (χ0) is 20.5. The van der Waals surface area contributed by atoms with E-state index in [9.17, 15) is 18.0 Å². The van der Waals surface area contributed by atoms with Gasteiger partial charge in [0.25, 0.3) is 5.91 Å². The number of nitrogens with one attached hydrogen (secondary N) is 2. The Hall–Kier alpha value is -2.27. The zero-order valence-corrected chi connectivity index (χ0v) is 17.5. The van der Waals surface area contributed by atoms with Gasteiger partial charge >= 0.3 is 6.03 Å². The lowest BCUT2D eigenvalue weighted by Crippen LogP contribution is -2.43. The lowest BCUT2D eigenvalue weighted by molar-refractivity contribution is 0.0760. The number of hydrogen-bond donors (Lipinski definition) is 2. The molecule has 0 aromatic carbocycles. The van der Waals surface area contributed by atoms with E-state index in [1.165, 1.54) is 22.5 Å². The fraction of sp³-hybridized carbons (Fsp3) is 0.529. The number of urea groups is 1. The van der Waals surface area contributed by atoms with Crippen LogP contribution < -0.4 is 10.6 Å². The number of carbonyl (C=O) groups is 2. The van der Waals surface area contributed by atoms with Gasteiger partial charge in [0.15, 0.2) is 9.84 Å². The predicted molar refractivity (Wildman–Crippen MR) is 105 cm³/mol. The topological polar surface area (TPSA) is 114 Å².